The van der Waals surface area contributed by atoms with Crippen LogP contribution in [0.4, 0.5) is 0 Å². The van der Waals surface area contributed by atoms with Crippen LogP contribution in [-0.4, -0.2) is 37.7 Å². The van der Waals surface area contributed by atoms with Gasteiger partial charge in [-0.25, -0.2) is 0 Å². The fraction of sp³-hybridized carbons (Fsp3) is 0.647. The maximum absolute atomic E-state index is 5.32. The van der Waals surface area contributed by atoms with Crippen molar-refractivity contribution in [1.29, 1.82) is 0 Å². The quantitative estimate of drug-likeness (QED) is 0.775. The molecule has 1 atom stereocenters. The molecule has 3 nitrogen and oxygen atoms in total. The number of methoxy groups -OCH3 is 1. The topological polar surface area (TPSA) is 24.5 Å². The van der Waals surface area contributed by atoms with E-state index in [0.717, 1.165) is 25.4 Å². The van der Waals surface area contributed by atoms with E-state index in [-0.39, 0.29) is 0 Å². The molecule has 0 bridgehead atoms. The fourth-order valence-electron chi connectivity index (χ4n) is 2.95. The van der Waals surface area contributed by atoms with Gasteiger partial charge in [-0.3, -0.25) is 4.90 Å². The van der Waals surface area contributed by atoms with E-state index in [4.69, 9.17) is 4.74 Å². The molecule has 20 heavy (non-hydrogen) atoms. The molecule has 1 aromatic rings. The van der Waals surface area contributed by atoms with Crippen LogP contribution >= 0.6 is 0 Å². The molecule has 3 heteroatoms. The number of piperidine rings is 1. The van der Waals surface area contributed by atoms with E-state index in [1.165, 1.54) is 37.8 Å². The highest BCUT2D eigenvalue weighted by Gasteiger charge is 2.21. The molecule has 1 aliphatic heterocycles. The average molecular weight is 276 g/mol. The van der Waals surface area contributed by atoms with Crippen LogP contribution in [0.1, 0.15) is 38.2 Å². The van der Waals surface area contributed by atoms with Gasteiger partial charge in [-0.05, 0) is 50.0 Å². The zero-order valence-electron chi connectivity index (χ0n) is 12.9. The van der Waals surface area contributed by atoms with E-state index in [9.17, 15) is 0 Å². The number of ether oxygens (including phenoxy) is 1. The highest BCUT2D eigenvalue weighted by atomic mass is 16.5. The first-order valence-corrected chi connectivity index (χ1v) is 7.91. The summed E-state index contributed by atoms with van der Waals surface area (Å²) in [6, 6.07) is 9.14. The van der Waals surface area contributed by atoms with Crippen LogP contribution in [0, 0.1) is 0 Å². The first-order valence-electron chi connectivity index (χ1n) is 7.91. The normalized spacial score (nSPS) is 20.0. The summed E-state index contributed by atoms with van der Waals surface area (Å²) in [4.78, 5) is 2.63. The van der Waals surface area contributed by atoms with Gasteiger partial charge in [0.1, 0.15) is 5.75 Å². The summed E-state index contributed by atoms with van der Waals surface area (Å²) in [5.74, 6) is 0.958. The summed E-state index contributed by atoms with van der Waals surface area (Å²) in [7, 11) is 1.73. The number of benzene rings is 1. The van der Waals surface area contributed by atoms with E-state index in [1.807, 2.05) is 6.07 Å². The molecular weight excluding hydrogens is 248 g/mol. The minimum atomic E-state index is 0.682. The van der Waals surface area contributed by atoms with Gasteiger partial charge >= 0.3 is 0 Å². The summed E-state index contributed by atoms with van der Waals surface area (Å²) in [5, 5.41) is 3.58. The smallest absolute Gasteiger partial charge is 0.119 e. The van der Waals surface area contributed by atoms with Crippen molar-refractivity contribution in [3.63, 3.8) is 0 Å². The Morgan fingerprint density at radius 1 is 1.35 bits per heavy atom. The van der Waals surface area contributed by atoms with Gasteiger partial charge in [-0.15, -0.1) is 0 Å². The van der Waals surface area contributed by atoms with E-state index in [1.54, 1.807) is 7.11 Å². The number of nitrogens with zero attached hydrogens (tertiary/aromatic N) is 1. The van der Waals surface area contributed by atoms with Crippen molar-refractivity contribution in [2.45, 2.75) is 45.2 Å². The van der Waals surface area contributed by atoms with Crippen molar-refractivity contribution in [2.24, 2.45) is 0 Å². The van der Waals surface area contributed by atoms with Crippen LogP contribution in [0.5, 0.6) is 5.75 Å². The Morgan fingerprint density at radius 2 is 2.25 bits per heavy atom. The van der Waals surface area contributed by atoms with E-state index in [0.29, 0.717) is 6.04 Å². The predicted molar refractivity (Wildman–Crippen MR) is 84.2 cm³/mol. The number of nitrogens with one attached hydrogen (secondary N) is 1. The van der Waals surface area contributed by atoms with Gasteiger partial charge in [-0.2, -0.15) is 0 Å². The summed E-state index contributed by atoms with van der Waals surface area (Å²) in [5.41, 5.74) is 1.35. The third-order valence-corrected chi connectivity index (χ3v) is 4.08. The van der Waals surface area contributed by atoms with Gasteiger partial charge in [0, 0.05) is 19.1 Å². The maximum atomic E-state index is 5.32. The highest BCUT2D eigenvalue weighted by Crippen LogP contribution is 2.21. The molecule has 0 spiro atoms. The number of hydrogen-bond acceptors (Lipinski definition) is 3. The largest absolute Gasteiger partial charge is 0.497 e. The summed E-state index contributed by atoms with van der Waals surface area (Å²) >= 11 is 0. The summed E-state index contributed by atoms with van der Waals surface area (Å²) < 4.78 is 5.32. The van der Waals surface area contributed by atoms with Crippen molar-refractivity contribution < 1.29 is 4.74 Å². The number of rotatable bonds is 7. The lowest BCUT2D eigenvalue weighted by molar-refractivity contribution is 0.137. The zero-order valence-corrected chi connectivity index (χ0v) is 12.9. The van der Waals surface area contributed by atoms with Gasteiger partial charge in [0.15, 0.2) is 0 Å². The van der Waals surface area contributed by atoms with Gasteiger partial charge in [0.25, 0.3) is 0 Å². The second kappa shape index (κ2) is 8.28. The second-order valence-corrected chi connectivity index (χ2v) is 5.68. The van der Waals surface area contributed by atoms with E-state index in [2.05, 4.69) is 35.3 Å². The lowest BCUT2D eigenvalue weighted by Crippen LogP contribution is -2.45. The predicted octanol–water partition coefficient (Wildman–Crippen LogP) is 3.05. The highest BCUT2D eigenvalue weighted by molar-refractivity contribution is 5.28. The molecule has 0 aliphatic carbocycles. The molecule has 0 amide bonds. The molecule has 0 aromatic heterocycles. The Balaban J connectivity index is 1.93. The minimum absolute atomic E-state index is 0.682. The third kappa shape index (κ3) is 4.50. The molecule has 2 rings (SSSR count). The molecule has 1 N–H and O–H groups in total. The van der Waals surface area contributed by atoms with Crippen molar-refractivity contribution in [2.75, 3.05) is 26.7 Å². The van der Waals surface area contributed by atoms with Crippen molar-refractivity contribution in [1.82, 2.24) is 10.2 Å². The van der Waals surface area contributed by atoms with Gasteiger partial charge < -0.3 is 10.1 Å². The minimum Gasteiger partial charge on any atom is -0.497 e. The standard InChI is InChI=1S/C17H28N2O/c1-3-10-18-13-16-8-4-5-11-19(16)14-15-7-6-9-17(12-15)20-2/h6-7,9,12,16,18H,3-5,8,10-11,13-14H2,1-2H3. The third-order valence-electron chi connectivity index (χ3n) is 4.08. The molecule has 0 saturated carbocycles. The Kier molecular flexibility index (Phi) is 6.34. The molecule has 1 aliphatic rings. The first-order chi connectivity index (χ1) is 9.83. The molecule has 112 valence electrons. The number of likely N-dealkylation sites (tertiary alicyclic amines) is 1. The van der Waals surface area contributed by atoms with Crippen molar-refractivity contribution in [3.8, 4) is 5.75 Å². The Bertz CT molecular complexity index is 394. The summed E-state index contributed by atoms with van der Waals surface area (Å²) in [6.07, 6.45) is 5.23. The SMILES string of the molecule is CCCNCC1CCCCN1Cc1cccc(OC)c1. The van der Waals surface area contributed by atoms with Crippen molar-refractivity contribution in [3.05, 3.63) is 29.8 Å². The lowest BCUT2D eigenvalue weighted by atomic mass is 10.0. The second-order valence-electron chi connectivity index (χ2n) is 5.68. The van der Waals surface area contributed by atoms with Crippen LogP contribution in [0.2, 0.25) is 0 Å². The summed E-state index contributed by atoms with van der Waals surface area (Å²) in [6.45, 7) is 6.73. The average Bonchev–Trinajstić information content (AvgIpc) is 2.49. The Morgan fingerprint density at radius 3 is 3.05 bits per heavy atom. The van der Waals surface area contributed by atoms with Gasteiger partial charge in [-0.1, -0.05) is 25.5 Å². The van der Waals surface area contributed by atoms with Gasteiger partial charge in [0.2, 0.25) is 0 Å². The Hall–Kier alpha value is -1.06. The maximum Gasteiger partial charge on any atom is 0.119 e. The molecule has 0 radical (unpaired) electrons. The van der Waals surface area contributed by atoms with Crippen LogP contribution in [0.15, 0.2) is 24.3 Å². The van der Waals surface area contributed by atoms with Crippen LogP contribution in [0.3, 0.4) is 0 Å². The zero-order chi connectivity index (χ0) is 14.2. The van der Waals surface area contributed by atoms with Crippen LogP contribution < -0.4 is 10.1 Å². The van der Waals surface area contributed by atoms with Gasteiger partial charge in [0.05, 0.1) is 7.11 Å². The van der Waals surface area contributed by atoms with E-state index < -0.39 is 0 Å². The molecule has 1 unspecified atom stereocenters. The molecular formula is C17H28N2O. The molecule has 1 heterocycles. The Labute approximate surface area is 123 Å². The first kappa shape index (κ1) is 15.3. The molecule has 1 saturated heterocycles. The number of hydrogen-bond donors (Lipinski definition) is 1. The fourth-order valence-corrected chi connectivity index (χ4v) is 2.95. The lowest BCUT2D eigenvalue weighted by Gasteiger charge is -2.36. The molecule has 1 aromatic carbocycles. The monoisotopic (exact) mass is 276 g/mol. The van der Waals surface area contributed by atoms with Crippen LogP contribution in [-0.2, 0) is 6.54 Å². The van der Waals surface area contributed by atoms with Crippen LogP contribution in [0.25, 0.3) is 0 Å². The van der Waals surface area contributed by atoms with E-state index >= 15 is 0 Å². The van der Waals surface area contributed by atoms with Crippen molar-refractivity contribution >= 4 is 0 Å². The molecule has 1 fully saturated rings.